The van der Waals surface area contributed by atoms with Crippen LogP contribution in [-0.4, -0.2) is 57.5 Å². The van der Waals surface area contributed by atoms with Crippen molar-refractivity contribution in [3.8, 4) is 0 Å². The van der Waals surface area contributed by atoms with Crippen molar-refractivity contribution in [2.45, 2.75) is 32.6 Å². The first kappa shape index (κ1) is 20.5. The van der Waals surface area contributed by atoms with Crippen LogP contribution in [-0.2, 0) is 11.3 Å². The number of ether oxygens (including phenoxy) is 1. The third-order valence-corrected chi connectivity index (χ3v) is 5.25. The van der Waals surface area contributed by atoms with Gasteiger partial charge in [-0.05, 0) is 26.0 Å². The topological polar surface area (TPSA) is 85.2 Å². The van der Waals surface area contributed by atoms with E-state index in [-0.39, 0.29) is 29.3 Å². The predicted molar refractivity (Wildman–Crippen MR) is 111 cm³/mol. The molecule has 4 rings (SSSR count). The zero-order valence-corrected chi connectivity index (χ0v) is 17.4. The van der Waals surface area contributed by atoms with Gasteiger partial charge in [-0.3, -0.25) is 4.79 Å². The second kappa shape index (κ2) is 8.53. The molecule has 30 heavy (non-hydrogen) atoms. The van der Waals surface area contributed by atoms with E-state index in [4.69, 9.17) is 16.3 Å². The Morgan fingerprint density at radius 2 is 2.07 bits per heavy atom. The molecule has 0 spiro atoms. The summed E-state index contributed by atoms with van der Waals surface area (Å²) < 4.78 is 21.4. The van der Waals surface area contributed by atoms with Gasteiger partial charge in [-0.25, -0.2) is 19.0 Å². The molecule has 2 aromatic heterocycles. The summed E-state index contributed by atoms with van der Waals surface area (Å²) >= 11 is 5.94. The number of anilines is 1. The van der Waals surface area contributed by atoms with Crippen molar-refractivity contribution >= 4 is 34.4 Å². The number of morpholine rings is 1. The van der Waals surface area contributed by atoms with Crippen molar-refractivity contribution in [1.82, 2.24) is 25.1 Å². The van der Waals surface area contributed by atoms with Crippen LogP contribution in [0, 0.1) is 5.82 Å². The van der Waals surface area contributed by atoms with E-state index in [1.54, 1.807) is 10.9 Å². The van der Waals surface area contributed by atoms with Gasteiger partial charge in [0.15, 0.2) is 5.65 Å². The summed E-state index contributed by atoms with van der Waals surface area (Å²) in [5.41, 5.74) is 0.509. The van der Waals surface area contributed by atoms with Crippen LogP contribution in [0.3, 0.4) is 0 Å². The number of nitrogens with one attached hydrogen (secondary N) is 1. The van der Waals surface area contributed by atoms with Crippen LogP contribution in [0.15, 0.2) is 30.7 Å². The molecule has 3 heterocycles. The van der Waals surface area contributed by atoms with E-state index in [9.17, 15) is 9.18 Å². The quantitative estimate of drug-likeness (QED) is 0.667. The molecule has 1 aliphatic rings. The van der Waals surface area contributed by atoms with Crippen molar-refractivity contribution < 1.29 is 13.9 Å². The van der Waals surface area contributed by atoms with Gasteiger partial charge in [0.2, 0.25) is 0 Å². The second-order valence-electron chi connectivity index (χ2n) is 7.32. The Morgan fingerprint density at radius 1 is 1.30 bits per heavy atom. The first-order valence-corrected chi connectivity index (χ1v) is 10.1. The molecule has 0 bridgehead atoms. The average Bonchev–Trinajstić information content (AvgIpc) is 3.10. The van der Waals surface area contributed by atoms with Gasteiger partial charge in [-0.2, -0.15) is 5.10 Å². The lowest BCUT2D eigenvalue weighted by molar-refractivity contribution is -0.00537. The zero-order chi connectivity index (χ0) is 21.3. The number of hydrogen-bond acceptors (Lipinski definition) is 6. The molecule has 1 amide bonds. The molecule has 1 fully saturated rings. The summed E-state index contributed by atoms with van der Waals surface area (Å²) in [6.45, 7) is 6.16. The highest BCUT2D eigenvalue weighted by Crippen LogP contribution is 2.25. The highest BCUT2D eigenvalue weighted by Gasteiger charge is 2.25. The molecule has 1 aromatic carbocycles. The number of carbonyl (C=O) groups excluding carboxylic acids is 1. The molecule has 0 aliphatic carbocycles. The molecule has 3 aromatic rings. The fourth-order valence-corrected chi connectivity index (χ4v) is 3.97. The predicted octanol–water partition coefficient (Wildman–Crippen LogP) is 2.66. The van der Waals surface area contributed by atoms with Gasteiger partial charge in [0.05, 0.1) is 40.9 Å². The minimum Gasteiger partial charge on any atom is -0.372 e. The van der Waals surface area contributed by atoms with Crippen molar-refractivity contribution in [1.29, 1.82) is 0 Å². The Morgan fingerprint density at radius 3 is 2.80 bits per heavy atom. The lowest BCUT2D eigenvalue weighted by Gasteiger charge is -2.36. The third-order valence-electron chi connectivity index (χ3n) is 4.93. The van der Waals surface area contributed by atoms with Crippen LogP contribution in [0.5, 0.6) is 0 Å². The molecule has 0 unspecified atom stereocenters. The maximum absolute atomic E-state index is 13.9. The maximum Gasteiger partial charge on any atom is 0.255 e. The number of halogens is 2. The van der Waals surface area contributed by atoms with E-state index < -0.39 is 11.7 Å². The minimum absolute atomic E-state index is 0.0726. The molecule has 10 heteroatoms. The van der Waals surface area contributed by atoms with Gasteiger partial charge >= 0.3 is 0 Å². The van der Waals surface area contributed by atoms with E-state index in [2.05, 4.69) is 25.3 Å². The first-order chi connectivity index (χ1) is 14.4. The summed E-state index contributed by atoms with van der Waals surface area (Å²) in [6.07, 6.45) is 3.45. The SMILES string of the molecule is C[C@H]1CN(c2ncnc3c2cnn3CCNC(=O)c2c(F)cccc2Cl)C[C@H](C)O1. The molecule has 1 aliphatic heterocycles. The van der Waals surface area contributed by atoms with Gasteiger partial charge in [0.1, 0.15) is 18.0 Å². The van der Waals surface area contributed by atoms with E-state index in [1.165, 1.54) is 24.5 Å². The summed E-state index contributed by atoms with van der Waals surface area (Å²) in [5, 5.41) is 7.99. The molecule has 0 saturated carbocycles. The Kier molecular flexibility index (Phi) is 5.83. The summed E-state index contributed by atoms with van der Waals surface area (Å²) in [4.78, 5) is 23.3. The van der Waals surface area contributed by atoms with Crippen LogP contribution in [0.1, 0.15) is 24.2 Å². The number of aromatic nitrogens is 4. The standard InChI is InChI=1S/C20H22ClFN6O2/c1-12-9-27(10-13(2)30-12)18-14-8-26-28(19(14)25-11-24-18)7-6-23-20(29)17-15(21)4-3-5-16(17)22/h3-5,8,11-13H,6-7,9-10H2,1-2H3,(H,23,29)/t12-,13-/m0/s1. The van der Waals surface area contributed by atoms with Gasteiger partial charge in [-0.1, -0.05) is 17.7 Å². The number of fused-ring (bicyclic) bond motifs is 1. The number of amides is 1. The fourth-order valence-electron chi connectivity index (χ4n) is 3.73. The number of benzene rings is 1. The van der Waals surface area contributed by atoms with E-state index in [1.807, 2.05) is 13.8 Å². The molecular weight excluding hydrogens is 411 g/mol. The Bertz CT molecular complexity index is 1040. The van der Waals surface area contributed by atoms with Gasteiger partial charge in [-0.15, -0.1) is 0 Å². The van der Waals surface area contributed by atoms with E-state index in [0.29, 0.717) is 12.2 Å². The summed E-state index contributed by atoms with van der Waals surface area (Å²) in [6, 6.07) is 4.14. The molecule has 0 radical (unpaired) electrons. The second-order valence-corrected chi connectivity index (χ2v) is 7.72. The van der Waals surface area contributed by atoms with Crippen LogP contribution in [0.2, 0.25) is 5.02 Å². The smallest absolute Gasteiger partial charge is 0.255 e. The summed E-state index contributed by atoms with van der Waals surface area (Å²) in [7, 11) is 0. The third kappa shape index (κ3) is 4.08. The van der Waals surface area contributed by atoms with Crippen molar-refractivity contribution in [3.63, 3.8) is 0 Å². The molecule has 1 N–H and O–H groups in total. The molecule has 1 saturated heterocycles. The number of nitrogens with zero attached hydrogens (tertiary/aromatic N) is 5. The highest BCUT2D eigenvalue weighted by molar-refractivity contribution is 6.33. The van der Waals surface area contributed by atoms with Gasteiger partial charge < -0.3 is 15.0 Å². The number of hydrogen-bond donors (Lipinski definition) is 1. The Balaban J connectivity index is 1.48. The lowest BCUT2D eigenvalue weighted by Crippen LogP contribution is -2.45. The van der Waals surface area contributed by atoms with Crippen molar-refractivity contribution in [3.05, 3.63) is 47.1 Å². The molecular formula is C20H22ClFN6O2. The van der Waals surface area contributed by atoms with E-state index in [0.717, 1.165) is 24.3 Å². The van der Waals surface area contributed by atoms with Crippen LogP contribution < -0.4 is 10.2 Å². The summed E-state index contributed by atoms with van der Waals surface area (Å²) in [5.74, 6) is -0.410. The fraction of sp³-hybridized carbons (Fsp3) is 0.400. The first-order valence-electron chi connectivity index (χ1n) is 9.73. The van der Waals surface area contributed by atoms with Crippen molar-refractivity contribution in [2.75, 3.05) is 24.5 Å². The average molecular weight is 433 g/mol. The van der Waals surface area contributed by atoms with Gasteiger partial charge in [0.25, 0.3) is 5.91 Å². The van der Waals surface area contributed by atoms with E-state index >= 15 is 0 Å². The van der Waals surface area contributed by atoms with Crippen LogP contribution >= 0.6 is 11.6 Å². The van der Waals surface area contributed by atoms with Gasteiger partial charge in [0, 0.05) is 19.6 Å². The minimum atomic E-state index is -0.657. The molecule has 2 atom stereocenters. The van der Waals surface area contributed by atoms with Crippen LogP contribution in [0.25, 0.3) is 11.0 Å². The largest absolute Gasteiger partial charge is 0.372 e. The number of carbonyl (C=O) groups is 1. The lowest BCUT2D eigenvalue weighted by atomic mass is 10.2. The van der Waals surface area contributed by atoms with Crippen LogP contribution in [0.4, 0.5) is 10.2 Å². The molecule has 158 valence electrons. The Labute approximate surface area is 178 Å². The zero-order valence-electron chi connectivity index (χ0n) is 16.7. The normalized spacial score (nSPS) is 19.3. The molecule has 8 nitrogen and oxygen atoms in total. The number of rotatable bonds is 5. The highest BCUT2D eigenvalue weighted by atomic mass is 35.5. The maximum atomic E-state index is 13.9. The Hall–Kier alpha value is -2.78. The van der Waals surface area contributed by atoms with Crippen molar-refractivity contribution in [2.24, 2.45) is 0 Å². The monoisotopic (exact) mass is 432 g/mol.